The van der Waals surface area contributed by atoms with E-state index in [9.17, 15) is 0 Å². The molecule has 0 aromatic carbocycles. The standard InChI is InChI=1S/C15H27N5S.HI/c1-12(2)5-7-17-14(16)18-8-6-13-11-21-15(19-13)20-9-3-4-10-20;/h11-12H,3-10H2,1-2H3,(H3,16,17,18);1H. The van der Waals surface area contributed by atoms with Gasteiger partial charge in [0.2, 0.25) is 0 Å². The maximum atomic E-state index is 5.84. The van der Waals surface area contributed by atoms with E-state index >= 15 is 0 Å². The van der Waals surface area contributed by atoms with E-state index in [2.05, 4.69) is 34.4 Å². The second-order valence-corrected chi connectivity index (χ2v) is 6.78. The van der Waals surface area contributed by atoms with Crippen LogP contribution in [0.4, 0.5) is 5.13 Å². The van der Waals surface area contributed by atoms with Crippen LogP contribution < -0.4 is 16.0 Å². The molecule has 1 saturated heterocycles. The van der Waals surface area contributed by atoms with Crippen molar-refractivity contribution in [2.45, 2.75) is 39.5 Å². The zero-order valence-corrected chi connectivity index (χ0v) is 16.7. The summed E-state index contributed by atoms with van der Waals surface area (Å²) in [5, 5.41) is 6.48. The minimum absolute atomic E-state index is 0. The summed E-state index contributed by atoms with van der Waals surface area (Å²) in [7, 11) is 0. The number of nitrogens with two attached hydrogens (primary N) is 1. The first-order valence-corrected chi connectivity index (χ1v) is 8.76. The van der Waals surface area contributed by atoms with Crippen LogP contribution in [-0.2, 0) is 6.42 Å². The Morgan fingerprint density at radius 3 is 2.86 bits per heavy atom. The summed E-state index contributed by atoms with van der Waals surface area (Å²) in [5.74, 6) is 1.21. The summed E-state index contributed by atoms with van der Waals surface area (Å²) in [5.41, 5.74) is 6.98. The highest BCUT2D eigenvalue weighted by molar-refractivity contribution is 14.0. The van der Waals surface area contributed by atoms with Crippen LogP contribution in [0.25, 0.3) is 0 Å². The minimum atomic E-state index is 0. The lowest BCUT2D eigenvalue weighted by Gasteiger charge is -2.12. The SMILES string of the molecule is CC(C)CCN=C(N)NCCc1csc(N2CCCC2)n1.I. The van der Waals surface area contributed by atoms with Crippen LogP contribution in [0.1, 0.15) is 38.8 Å². The summed E-state index contributed by atoms with van der Waals surface area (Å²) in [6.45, 7) is 8.28. The minimum Gasteiger partial charge on any atom is -0.370 e. The summed E-state index contributed by atoms with van der Waals surface area (Å²) in [4.78, 5) is 11.4. The molecular formula is C15H28IN5S. The van der Waals surface area contributed by atoms with Crippen LogP contribution in [0, 0.1) is 5.92 Å². The Bertz CT molecular complexity index is 455. The second-order valence-electron chi connectivity index (χ2n) is 5.94. The maximum Gasteiger partial charge on any atom is 0.188 e. The van der Waals surface area contributed by atoms with Gasteiger partial charge in [-0.15, -0.1) is 35.3 Å². The van der Waals surface area contributed by atoms with Crippen LogP contribution in [-0.4, -0.2) is 37.1 Å². The van der Waals surface area contributed by atoms with Gasteiger partial charge in [-0.3, -0.25) is 4.99 Å². The van der Waals surface area contributed by atoms with Crippen molar-refractivity contribution in [2.24, 2.45) is 16.6 Å². The average Bonchev–Trinajstić information content (AvgIpc) is 3.08. The van der Waals surface area contributed by atoms with Gasteiger partial charge >= 0.3 is 0 Å². The molecule has 0 unspecified atom stereocenters. The Morgan fingerprint density at radius 2 is 2.18 bits per heavy atom. The van der Waals surface area contributed by atoms with Gasteiger partial charge in [0.25, 0.3) is 0 Å². The van der Waals surface area contributed by atoms with Gasteiger partial charge in [-0.2, -0.15) is 0 Å². The first-order chi connectivity index (χ1) is 10.1. The van der Waals surface area contributed by atoms with E-state index in [1.165, 1.54) is 18.0 Å². The van der Waals surface area contributed by atoms with Gasteiger partial charge in [0, 0.05) is 38.0 Å². The van der Waals surface area contributed by atoms with Crippen molar-refractivity contribution in [1.29, 1.82) is 0 Å². The van der Waals surface area contributed by atoms with Crippen LogP contribution in [0.3, 0.4) is 0 Å². The normalized spacial score (nSPS) is 15.2. The third-order valence-corrected chi connectivity index (χ3v) is 4.54. The van der Waals surface area contributed by atoms with Crippen molar-refractivity contribution in [3.8, 4) is 0 Å². The zero-order chi connectivity index (χ0) is 15.1. The lowest BCUT2D eigenvalue weighted by molar-refractivity contribution is 0.595. The number of aromatic nitrogens is 1. The molecule has 0 amide bonds. The molecule has 3 N–H and O–H groups in total. The molecule has 0 radical (unpaired) electrons. The van der Waals surface area contributed by atoms with E-state index in [0.29, 0.717) is 11.9 Å². The number of hydrogen-bond donors (Lipinski definition) is 2. The zero-order valence-electron chi connectivity index (χ0n) is 13.5. The highest BCUT2D eigenvalue weighted by Gasteiger charge is 2.15. The molecular weight excluding hydrogens is 409 g/mol. The first-order valence-electron chi connectivity index (χ1n) is 7.88. The Labute approximate surface area is 154 Å². The summed E-state index contributed by atoms with van der Waals surface area (Å²) in [6.07, 6.45) is 4.55. The number of rotatable bonds is 7. The number of anilines is 1. The number of thiazole rings is 1. The summed E-state index contributed by atoms with van der Waals surface area (Å²) in [6, 6.07) is 0. The lowest BCUT2D eigenvalue weighted by Crippen LogP contribution is -2.33. The van der Waals surface area contributed by atoms with E-state index in [0.717, 1.165) is 44.7 Å². The summed E-state index contributed by atoms with van der Waals surface area (Å²) < 4.78 is 0. The number of nitrogens with one attached hydrogen (secondary N) is 1. The van der Waals surface area contributed by atoms with E-state index in [1.807, 2.05) is 0 Å². The van der Waals surface area contributed by atoms with Crippen molar-refractivity contribution in [3.05, 3.63) is 11.1 Å². The van der Waals surface area contributed by atoms with Gasteiger partial charge in [0.05, 0.1) is 5.69 Å². The van der Waals surface area contributed by atoms with Crippen molar-refractivity contribution in [2.75, 3.05) is 31.1 Å². The van der Waals surface area contributed by atoms with Gasteiger partial charge in [-0.1, -0.05) is 13.8 Å². The number of halogens is 1. The number of hydrogen-bond acceptors (Lipinski definition) is 4. The molecule has 1 aromatic heterocycles. The molecule has 0 aliphatic carbocycles. The van der Waals surface area contributed by atoms with Crippen LogP contribution >= 0.6 is 35.3 Å². The fourth-order valence-electron chi connectivity index (χ4n) is 2.28. The fourth-order valence-corrected chi connectivity index (χ4v) is 3.20. The summed E-state index contributed by atoms with van der Waals surface area (Å²) >= 11 is 1.75. The third kappa shape index (κ3) is 6.68. The number of nitrogens with zero attached hydrogens (tertiary/aromatic N) is 3. The largest absolute Gasteiger partial charge is 0.370 e. The predicted molar refractivity (Wildman–Crippen MR) is 107 cm³/mol. The van der Waals surface area contributed by atoms with Crippen LogP contribution in [0.5, 0.6) is 0 Å². The molecule has 1 aliphatic rings. The van der Waals surface area contributed by atoms with Gasteiger partial charge in [-0.25, -0.2) is 4.98 Å². The van der Waals surface area contributed by atoms with Crippen LogP contribution in [0.15, 0.2) is 10.4 Å². The molecule has 7 heteroatoms. The van der Waals surface area contributed by atoms with Gasteiger partial charge < -0.3 is 16.0 Å². The van der Waals surface area contributed by atoms with Crippen molar-refractivity contribution in [1.82, 2.24) is 10.3 Å². The molecule has 1 aliphatic heterocycles. The maximum absolute atomic E-state index is 5.84. The molecule has 2 rings (SSSR count). The van der Waals surface area contributed by atoms with E-state index in [-0.39, 0.29) is 24.0 Å². The second kappa shape index (κ2) is 10.3. The Kier molecular flexibility index (Phi) is 9.08. The van der Waals surface area contributed by atoms with Gasteiger partial charge in [0.15, 0.2) is 11.1 Å². The highest BCUT2D eigenvalue weighted by Crippen LogP contribution is 2.24. The first kappa shape index (κ1) is 19.5. The smallest absolute Gasteiger partial charge is 0.188 e. The van der Waals surface area contributed by atoms with Crippen molar-refractivity contribution < 1.29 is 0 Å². The van der Waals surface area contributed by atoms with Crippen LogP contribution in [0.2, 0.25) is 0 Å². The van der Waals surface area contributed by atoms with E-state index in [1.54, 1.807) is 11.3 Å². The molecule has 0 saturated carbocycles. The van der Waals surface area contributed by atoms with E-state index < -0.39 is 0 Å². The molecule has 2 heterocycles. The number of aliphatic imine (C=N–C) groups is 1. The topological polar surface area (TPSA) is 66.5 Å². The molecule has 0 spiro atoms. The lowest BCUT2D eigenvalue weighted by atomic mass is 10.1. The average molecular weight is 437 g/mol. The van der Waals surface area contributed by atoms with Gasteiger partial charge in [0.1, 0.15) is 0 Å². The van der Waals surface area contributed by atoms with Gasteiger partial charge in [-0.05, 0) is 25.2 Å². The monoisotopic (exact) mass is 437 g/mol. The molecule has 5 nitrogen and oxygen atoms in total. The molecule has 0 atom stereocenters. The van der Waals surface area contributed by atoms with E-state index in [4.69, 9.17) is 10.7 Å². The molecule has 1 fully saturated rings. The predicted octanol–water partition coefficient (Wildman–Crippen LogP) is 2.85. The third-order valence-electron chi connectivity index (χ3n) is 3.59. The Hall–Kier alpha value is -0.570. The Morgan fingerprint density at radius 1 is 1.45 bits per heavy atom. The molecule has 126 valence electrons. The Balaban J connectivity index is 0.00000242. The molecule has 22 heavy (non-hydrogen) atoms. The molecule has 0 bridgehead atoms. The molecule has 1 aromatic rings. The van der Waals surface area contributed by atoms with Crippen molar-refractivity contribution in [3.63, 3.8) is 0 Å². The fraction of sp³-hybridized carbons (Fsp3) is 0.733. The quantitative estimate of drug-likeness (QED) is 0.391. The highest BCUT2D eigenvalue weighted by atomic mass is 127. The number of guanidine groups is 1. The van der Waals surface area contributed by atoms with Crippen molar-refractivity contribution >= 4 is 46.4 Å².